The molecule has 1 aliphatic rings. The summed E-state index contributed by atoms with van der Waals surface area (Å²) in [5.41, 5.74) is 0. The molecule has 0 saturated carbocycles. The van der Waals surface area contributed by atoms with E-state index in [-0.39, 0.29) is 13.2 Å². The molecule has 1 rings (SSSR count). The van der Waals surface area contributed by atoms with Gasteiger partial charge in [-0.15, -0.1) is 0 Å². The van der Waals surface area contributed by atoms with Crippen LogP contribution >= 0.6 is 0 Å². The van der Waals surface area contributed by atoms with Crippen molar-refractivity contribution in [3.05, 3.63) is 0 Å². The second kappa shape index (κ2) is 3.84. The first kappa shape index (κ1) is 9.44. The van der Waals surface area contributed by atoms with Crippen LogP contribution in [0.2, 0.25) is 0 Å². The van der Waals surface area contributed by atoms with Crippen molar-refractivity contribution in [1.29, 1.82) is 0 Å². The molecule has 70 valence electrons. The van der Waals surface area contributed by atoms with Crippen LogP contribution in [0, 0.1) is 0 Å². The van der Waals surface area contributed by atoms with E-state index in [1.807, 2.05) is 0 Å². The highest BCUT2D eigenvalue weighted by Gasteiger charge is 2.35. The van der Waals surface area contributed by atoms with E-state index in [0.717, 1.165) is 0 Å². The van der Waals surface area contributed by atoms with E-state index in [1.165, 1.54) is 6.92 Å². The molecule has 1 saturated heterocycles. The van der Waals surface area contributed by atoms with Crippen molar-refractivity contribution in [2.75, 3.05) is 13.2 Å². The standard InChI is InChI=1S/C7H12O5/c1-4(8)11-3-6-7(10)5(9)2-12-6/h5-7,9-10H,2-3H2,1H3/t5-,6+,7-/m0/s1. The highest BCUT2D eigenvalue weighted by Crippen LogP contribution is 2.14. The van der Waals surface area contributed by atoms with Crippen LogP contribution in [-0.2, 0) is 14.3 Å². The minimum atomic E-state index is -0.954. The minimum Gasteiger partial charge on any atom is -0.463 e. The Balaban J connectivity index is 2.29. The summed E-state index contributed by atoms with van der Waals surface area (Å²) in [5, 5.41) is 18.2. The molecule has 0 aliphatic carbocycles. The third-order valence-electron chi connectivity index (χ3n) is 1.71. The second-order valence-electron chi connectivity index (χ2n) is 2.73. The molecule has 0 amide bonds. The summed E-state index contributed by atoms with van der Waals surface area (Å²) in [6.45, 7) is 1.36. The summed E-state index contributed by atoms with van der Waals surface area (Å²) in [4.78, 5) is 10.4. The predicted molar refractivity (Wildman–Crippen MR) is 38.4 cm³/mol. The number of ether oxygens (including phenoxy) is 2. The van der Waals surface area contributed by atoms with Crippen molar-refractivity contribution in [3.63, 3.8) is 0 Å². The van der Waals surface area contributed by atoms with Gasteiger partial charge in [0, 0.05) is 6.92 Å². The molecule has 1 aliphatic heterocycles. The van der Waals surface area contributed by atoms with Crippen molar-refractivity contribution in [2.24, 2.45) is 0 Å². The van der Waals surface area contributed by atoms with Crippen molar-refractivity contribution < 1.29 is 24.5 Å². The molecule has 1 fully saturated rings. The highest BCUT2D eigenvalue weighted by atomic mass is 16.6. The molecular formula is C7H12O5. The van der Waals surface area contributed by atoms with Gasteiger partial charge in [0.1, 0.15) is 24.9 Å². The van der Waals surface area contributed by atoms with Gasteiger partial charge in [-0.05, 0) is 0 Å². The Morgan fingerprint density at radius 3 is 2.75 bits per heavy atom. The van der Waals surface area contributed by atoms with E-state index in [1.54, 1.807) is 0 Å². The maximum absolute atomic E-state index is 10.4. The Morgan fingerprint density at radius 2 is 2.33 bits per heavy atom. The molecule has 0 radical (unpaired) electrons. The first-order valence-electron chi connectivity index (χ1n) is 3.72. The Morgan fingerprint density at radius 1 is 1.67 bits per heavy atom. The Labute approximate surface area is 69.9 Å². The predicted octanol–water partition coefficient (Wildman–Crippen LogP) is -1.33. The van der Waals surface area contributed by atoms with Crippen LogP contribution in [-0.4, -0.2) is 47.7 Å². The van der Waals surface area contributed by atoms with Crippen LogP contribution in [0.25, 0.3) is 0 Å². The smallest absolute Gasteiger partial charge is 0.302 e. The lowest BCUT2D eigenvalue weighted by Gasteiger charge is -2.13. The fourth-order valence-electron chi connectivity index (χ4n) is 1.01. The van der Waals surface area contributed by atoms with Gasteiger partial charge >= 0.3 is 5.97 Å². The van der Waals surface area contributed by atoms with Gasteiger partial charge in [0.2, 0.25) is 0 Å². The molecule has 2 N–H and O–H groups in total. The first-order valence-corrected chi connectivity index (χ1v) is 3.72. The molecule has 12 heavy (non-hydrogen) atoms. The van der Waals surface area contributed by atoms with E-state index in [4.69, 9.17) is 9.84 Å². The third-order valence-corrected chi connectivity index (χ3v) is 1.71. The second-order valence-corrected chi connectivity index (χ2v) is 2.73. The van der Waals surface area contributed by atoms with Gasteiger partial charge < -0.3 is 19.7 Å². The first-order chi connectivity index (χ1) is 5.61. The van der Waals surface area contributed by atoms with Gasteiger partial charge in [-0.25, -0.2) is 0 Å². The minimum absolute atomic E-state index is 0.00639. The zero-order valence-electron chi connectivity index (χ0n) is 6.77. The van der Waals surface area contributed by atoms with Crippen molar-refractivity contribution in [2.45, 2.75) is 25.2 Å². The van der Waals surface area contributed by atoms with E-state index in [2.05, 4.69) is 4.74 Å². The summed E-state index contributed by atoms with van der Waals surface area (Å²) < 4.78 is 9.56. The van der Waals surface area contributed by atoms with Crippen LogP contribution in [0.15, 0.2) is 0 Å². The summed E-state index contributed by atoms with van der Waals surface area (Å²) in [6, 6.07) is 0. The van der Waals surface area contributed by atoms with Crippen molar-refractivity contribution in [1.82, 2.24) is 0 Å². The molecule has 1 heterocycles. The molecule has 0 bridgehead atoms. The Bertz CT molecular complexity index is 169. The van der Waals surface area contributed by atoms with E-state index in [0.29, 0.717) is 0 Å². The fourth-order valence-corrected chi connectivity index (χ4v) is 1.01. The maximum Gasteiger partial charge on any atom is 0.302 e. The quantitative estimate of drug-likeness (QED) is 0.510. The van der Waals surface area contributed by atoms with Gasteiger partial charge in [-0.2, -0.15) is 0 Å². The number of carbonyl (C=O) groups excluding carboxylic acids is 1. The number of hydrogen-bond donors (Lipinski definition) is 2. The lowest BCUT2D eigenvalue weighted by Crippen LogP contribution is -2.33. The van der Waals surface area contributed by atoms with Crippen LogP contribution in [0.4, 0.5) is 0 Å². The van der Waals surface area contributed by atoms with Gasteiger partial charge in [-0.1, -0.05) is 0 Å². The summed E-state index contributed by atoms with van der Waals surface area (Å²) in [6.07, 6.45) is -2.42. The monoisotopic (exact) mass is 176 g/mol. The molecule has 5 nitrogen and oxygen atoms in total. The molecule has 0 aromatic heterocycles. The van der Waals surface area contributed by atoms with E-state index in [9.17, 15) is 9.90 Å². The summed E-state index contributed by atoms with van der Waals surface area (Å²) in [7, 11) is 0. The highest BCUT2D eigenvalue weighted by molar-refractivity contribution is 5.65. The van der Waals surface area contributed by atoms with Crippen LogP contribution in [0.1, 0.15) is 6.92 Å². The normalized spacial score (nSPS) is 35.1. The zero-order valence-corrected chi connectivity index (χ0v) is 6.77. The average molecular weight is 176 g/mol. The molecule has 3 atom stereocenters. The van der Waals surface area contributed by atoms with Crippen molar-refractivity contribution in [3.8, 4) is 0 Å². The number of aliphatic hydroxyl groups is 2. The van der Waals surface area contributed by atoms with Gasteiger partial charge in [0.25, 0.3) is 0 Å². The zero-order chi connectivity index (χ0) is 9.14. The van der Waals surface area contributed by atoms with Crippen LogP contribution in [0.3, 0.4) is 0 Å². The van der Waals surface area contributed by atoms with E-state index >= 15 is 0 Å². The molecular weight excluding hydrogens is 164 g/mol. The van der Waals surface area contributed by atoms with Gasteiger partial charge in [0.05, 0.1) is 6.61 Å². The summed E-state index contributed by atoms with van der Waals surface area (Å²) >= 11 is 0. The number of hydrogen-bond acceptors (Lipinski definition) is 5. The molecule has 0 unspecified atom stereocenters. The summed E-state index contributed by atoms with van der Waals surface area (Å²) in [5.74, 6) is -0.424. The molecule has 0 aromatic carbocycles. The number of aliphatic hydroxyl groups excluding tert-OH is 2. The fraction of sp³-hybridized carbons (Fsp3) is 0.857. The average Bonchev–Trinajstić information content (AvgIpc) is 2.30. The number of rotatable bonds is 2. The largest absolute Gasteiger partial charge is 0.463 e. The third kappa shape index (κ3) is 2.17. The van der Waals surface area contributed by atoms with Crippen LogP contribution in [0.5, 0.6) is 0 Å². The lowest BCUT2D eigenvalue weighted by atomic mass is 10.2. The van der Waals surface area contributed by atoms with E-state index < -0.39 is 24.3 Å². The van der Waals surface area contributed by atoms with Crippen molar-refractivity contribution >= 4 is 5.97 Å². The Hall–Kier alpha value is -0.650. The Kier molecular flexibility index (Phi) is 3.02. The maximum atomic E-state index is 10.4. The molecule has 0 spiro atoms. The molecule has 0 aromatic rings. The lowest BCUT2D eigenvalue weighted by molar-refractivity contribution is -0.145. The topological polar surface area (TPSA) is 76.0 Å². The molecule has 5 heteroatoms. The number of esters is 1. The SMILES string of the molecule is CC(=O)OC[C@H]1OC[C@H](O)[C@@H]1O. The van der Waals surface area contributed by atoms with Crippen LogP contribution < -0.4 is 0 Å². The number of carbonyl (C=O) groups is 1. The van der Waals surface area contributed by atoms with Gasteiger partial charge in [-0.3, -0.25) is 4.79 Å². The van der Waals surface area contributed by atoms with Gasteiger partial charge in [0.15, 0.2) is 0 Å².